The maximum Gasteiger partial charge on any atom is 0.337 e. The van der Waals surface area contributed by atoms with Gasteiger partial charge in [0.2, 0.25) is 0 Å². The van der Waals surface area contributed by atoms with E-state index >= 15 is 0 Å². The van der Waals surface area contributed by atoms with Gasteiger partial charge in [0, 0.05) is 16.7 Å². The van der Waals surface area contributed by atoms with Gasteiger partial charge in [-0.2, -0.15) is 0 Å². The van der Waals surface area contributed by atoms with Gasteiger partial charge >= 0.3 is 5.97 Å². The third-order valence-electron chi connectivity index (χ3n) is 3.11. The van der Waals surface area contributed by atoms with Gasteiger partial charge in [-0.1, -0.05) is 34.1 Å². The monoisotopic (exact) mass is 363 g/mol. The van der Waals surface area contributed by atoms with Crippen LogP contribution in [0, 0.1) is 0 Å². The van der Waals surface area contributed by atoms with Crippen LogP contribution < -0.4 is 10.1 Å². The van der Waals surface area contributed by atoms with Crippen molar-refractivity contribution in [2.45, 2.75) is 12.8 Å². The van der Waals surface area contributed by atoms with Crippen molar-refractivity contribution in [2.24, 2.45) is 0 Å². The summed E-state index contributed by atoms with van der Waals surface area (Å²) >= 11 is 3.28. The Hall–Kier alpha value is -2.01. The normalized spacial score (nSPS) is 10.2. The molecule has 0 aliphatic carbocycles. The van der Waals surface area contributed by atoms with Crippen molar-refractivity contribution in [1.29, 1.82) is 0 Å². The average Bonchev–Trinajstić information content (AvgIpc) is 2.52. The van der Waals surface area contributed by atoms with Crippen LogP contribution in [0.5, 0.6) is 5.75 Å². The van der Waals surface area contributed by atoms with Crippen molar-refractivity contribution in [3.8, 4) is 5.75 Å². The minimum atomic E-state index is -0.934. The Morgan fingerprint density at radius 2 is 1.91 bits per heavy atom. The van der Waals surface area contributed by atoms with Crippen molar-refractivity contribution in [1.82, 2.24) is 0 Å². The predicted molar refractivity (Wildman–Crippen MR) is 90.8 cm³/mol. The smallest absolute Gasteiger partial charge is 0.337 e. The Balaban J connectivity index is 1.72. The van der Waals surface area contributed by atoms with Crippen LogP contribution in [0.15, 0.2) is 53.0 Å². The van der Waals surface area contributed by atoms with Crippen LogP contribution in [0.4, 0.5) is 5.69 Å². The first-order valence-electron chi connectivity index (χ1n) is 7.11. The maximum absolute atomic E-state index is 11.2. The molecule has 4 nitrogen and oxygen atoms in total. The van der Waals surface area contributed by atoms with Gasteiger partial charge in [-0.3, -0.25) is 0 Å². The number of rotatable bonds is 8. The third-order valence-corrected chi connectivity index (χ3v) is 3.60. The van der Waals surface area contributed by atoms with Gasteiger partial charge in [0.05, 0.1) is 12.2 Å². The highest BCUT2D eigenvalue weighted by atomic mass is 79.9. The topological polar surface area (TPSA) is 58.6 Å². The number of para-hydroxylation sites is 1. The number of carboxylic acids is 1. The molecule has 0 aromatic heterocycles. The zero-order chi connectivity index (χ0) is 15.8. The molecular weight excluding hydrogens is 346 g/mol. The van der Waals surface area contributed by atoms with Gasteiger partial charge in [-0.05, 0) is 43.2 Å². The van der Waals surface area contributed by atoms with Gasteiger partial charge in [-0.15, -0.1) is 0 Å². The summed E-state index contributed by atoms with van der Waals surface area (Å²) in [4.78, 5) is 11.2. The fourth-order valence-electron chi connectivity index (χ4n) is 2.00. The van der Waals surface area contributed by atoms with E-state index in [1.165, 1.54) is 0 Å². The van der Waals surface area contributed by atoms with E-state index in [2.05, 4.69) is 21.2 Å². The number of anilines is 1. The molecule has 0 heterocycles. The van der Waals surface area contributed by atoms with E-state index in [9.17, 15) is 9.90 Å². The second kappa shape index (κ2) is 8.44. The number of carboxylic acid groups (broad SMARTS) is 1. The molecule has 2 rings (SSSR count). The van der Waals surface area contributed by atoms with Crippen molar-refractivity contribution < 1.29 is 14.6 Å². The Kier molecular flexibility index (Phi) is 6.27. The number of nitrogens with one attached hydrogen (secondary N) is 1. The second-order valence-electron chi connectivity index (χ2n) is 4.79. The number of hydrogen-bond acceptors (Lipinski definition) is 3. The van der Waals surface area contributed by atoms with Crippen LogP contribution in [0.1, 0.15) is 23.2 Å². The van der Waals surface area contributed by atoms with Crippen molar-refractivity contribution in [2.75, 3.05) is 18.5 Å². The minimum Gasteiger partial charge on any atom is -0.494 e. The average molecular weight is 364 g/mol. The summed E-state index contributed by atoms with van der Waals surface area (Å²) in [7, 11) is 0. The molecule has 116 valence electrons. The third kappa shape index (κ3) is 5.07. The van der Waals surface area contributed by atoms with Gasteiger partial charge in [-0.25, -0.2) is 4.79 Å². The summed E-state index contributed by atoms with van der Waals surface area (Å²) in [6, 6.07) is 14.9. The number of ether oxygens (including phenoxy) is 1. The molecule has 0 saturated heterocycles. The quantitative estimate of drug-likeness (QED) is 0.681. The highest BCUT2D eigenvalue weighted by molar-refractivity contribution is 9.10. The van der Waals surface area contributed by atoms with E-state index in [0.717, 1.165) is 23.1 Å². The van der Waals surface area contributed by atoms with Crippen LogP contribution in [-0.2, 0) is 0 Å². The van der Waals surface area contributed by atoms with Crippen LogP contribution in [0.25, 0.3) is 0 Å². The van der Waals surface area contributed by atoms with Gasteiger partial charge in [0.25, 0.3) is 0 Å². The zero-order valence-corrected chi connectivity index (χ0v) is 13.7. The number of aromatic carboxylic acids is 1. The number of carbonyl (C=O) groups is 1. The van der Waals surface area contributed by atoms with E-state index < -0.39 is 5.97 Å². The number of hydrogen-bond donors (Lipinski definition) is 2. The minimum absolute atomic E-state index is 0.273. The van der Waals surface area contributed by atoms with E-state index in [-0.39, 0.29) is 5.56 Å². The molecule has 0 unspecified atom stereocenters. The molecule has 2 N–H and O–H groups in total. The first-order valence-corrected chi connectivity index (χ1v) is 7.90. The zero-order valence-electron chi connectivity index (χ0n) is 12.1. The molecular formula is C17H18BrNO3. The van der Waals surface area contributed by atoms with Crippen molar-refractivity contribution in [3.05, 3.63) is 58.6 Å². The highest BCUT2D eigenvalue weighted by Gasteiger charge is 2.09. The van der Waals surface area contributed by atoms with E-state index in [1.807, 2.05) is 36.4 Å². The van der Waals surface area contributed by atoms with Crippen LogP contribution in [0.2, 0.25) is 0 Å². The van der Waals surface area contributed by atoms with Crippen LogP contribution >= 0.6 is 15.9 Å². The number of unbranched alkanes of at least 4 members (excludes halogenated alkanes) is 1. The Bertz CT molecular complexity index is 617. The molecule has 0 spiro atoms. The molecule has 0 bridgehead atoms. The fraction of sp³-hybridized carbons (Fsp3) is 0.235. The molecule has 0 aliphatic rings. The Morgan fingerprint density at radius 3 is 2.64 bits per heavy atom. The van der Waals surface area contributed by atoms with E-state index in [1.54, 1.807) is 12.1 Å². The van der Waals surface area contributed by atoms with Crippen LogP contribution in [0.3, 0.4) is 0 Å². The highest BCUT2D eigenvalue weighted by Crippen LogP contribution is 2.21. The van der Waals surface area contributed by atoms with Crippen molar-refractivity contribution in [3.63, 3.8) is 0 Å². The van der Waals surface area contributed by atoms with Gasteiger partial charge in [0.15, 0.2) is 0 Å². The maximum atomic E-state index is 11.2. The molecule has 0 radical (unpaired) electrons. The summed E-state index contributed by atoms with van der Waals surface area (Å²) in [5.74, 6) is -0.0623. The lowest BCUT2D eigenvalue weighted by Crippen LogP contribution is -2.09. The predicted octanol–water partition coefficient (Wildman–Crippen LogP) is 4.42. The number of benzene rings is 2. The molecule has 0 atom stereocenters. The lowest BCUT2D eigenvalue weighted by molar-refractivity contribution is 0.0698. The Labute approximate surface area is 138 Å². The lowest BCUT2D eigenvalue weighted by Gasteiger charge is -2.10. The van der Waals surface area contributed by atoms with Crippen LogP contribution in [-0.4, -0.2) is 24.2 Å². The summed E-state index contributed by atoms with van der Waals surface area (Å²) < 4.78 is 6.36. The largest absolute Gasteiger partial charge is 0.494 e. The Morgan fingerprint density at radius 1 is 1.14 bits per heavy atom. The standard InChI is InChI=1S/C17H18BrNO3/c18-13-8-9-16(15(12-13)17(20)21)19-10-4-5-11-22-14-6-2-1-3-7-14/h1-3,6-9,12,19H,4-5,10-11H2,(H,20,21). The summed E-state index contributed by atoms with van der Waals surface area (Å²) in [6.07, 6.45) is 1.81. The molecule has 2 aromatic carbocycles. The van der Waals surface area contributed by atoms with E-state index in [4.69, 9.17) is 4.74 Å². The molecule has 5 heteroatoms. The molecule has 0 aliphatic heterocycles. The molecule has 22 heavy (non-hydrogen) atoms. The summed E-state index contributed by atoms with van der Waals surface area (Å²) in [5.41, 5.74) is 0.912. The summed E-state index contributed by atoms with van der Waals surface area (Å²) in [6.45, 7) is 1.36. The lowest BCUT2D eigenvalue weighted by atomic mass is 10.1. The SMILES string of the molecule is O=C(O)c1cc(Br)ccc1NCCCCOc1ccccc1. The molecule has 0 amide bonds. The summed E-state index contributed by atoms with van der Waals surface area (Å²) in [5, 5.41) is 12.3. The fourth-order valence-corrected chi connectivity index (χ4v) is 2.37. The first kappa shape index (κ1) is 16.4. The molecule has 0 saturated carbocycles. The first-order chi connectivity index (χ1) is 10.7. The van der Waals surface area contributed by atoms with E-state index in [0.29, 0.717) is 18.8 Å². The number of halogens is 1. The van der Waals surface area contributed by atoms with Gasteiger partial charge < -0.3 is 15.2 Å². The molecule has 2 aromatic rings. The second-order valence-corrected chi connectivity index (χ2v) is 5.71. The molecule has 0 fully saturated rings. The van der Waals surface area contributed by atoms with Gasteiger partial charge in [0.1, 0.15) is 5.75 Å². The van der Waals surface area contributed by atoms with Crippen molar-refractivity contribution >= 4 is 27.6 Å².